The molecule has 2 aliphatic rings. The maximum atomic E-state index is 10.3. The zero-order chi connectivity index (χ0) is 18.4. The first-order chi connectivity index (χ1) is 12.5. The van der Waals surface area contributed by atoms with Gasteiger partial charge in [-0.05, 0) is 62.9 Å². The average molecular weight is 348 g/mol. The van der Waals surface area contributed by atoms with Crippen molar-refractivity contribution < 1.29 is 5.11 Å². The molecule has 1 fully saturated rings. The molecule has 0 spiro atoms. The van der Waals surface area contributed by atoms with Gasteiger partial charge in [-0.15, -0.1) is 0 Å². The lowest BCUT2D eigenvalue weighted by atomic mass is 9.83. The summed E-state index contributed by atoms with van der Waals surface area (Å²) in [6.45, 7) is 6.51. The van der Waals surface area contributed by atoms with Crippen LogP contribution < -0.4 is 5.73 Å². The topological polar surface area (TPSA) is 86.2 Å². The average Bonchev–Trinajstić information content (AvgIpc) is 3.00. The van der Waals surface area contributed by atoms with E-state index >= 15 is 0 Å². The second-order valence-corrected chi connectivity index (χ2v) is 7.61. The number of benzene rings is 1. The fourth-order valence-electron chi connectivity index (χ4n) is 4.49. The molecule has 2 heterocycles. The van der Waals surface area contributed by atoms with Crippen molar-refractivity contribution in [3.63, 3.8) is 0 Å². The molecule has 1 aromatic heterocycles. The molecule has 1 aliphatic heterocycles. The highest BCUT2D eigenvalue weighted by atomic mass is 16.3. The Morgan fingerprint density at radius 3 is 2.65 bits per heavy atom. The number of pyridine rings is 1. The molecule has 1 aliphatic carbocycles. The Labute approximate surface area is 154 Å². The summed E-state index contributed by atoms with van der Waals surface area (Å²) in [6.07, 6.45) is 2.66. The number of fused-ring (bicyclic) bond motifs is 3. The van der Waals surface area contributed by atoms with Crippen molar-refractivity contribution in [2.24, 2.45) is 0 Å². The normalized spacial score (nSPS) is 17.2. The number of phenols is 1. The minimum absolute atomic E-state index is 0.290. The third-order valence-corrected chi connectivity index (χ3v) is 5.91. The summed E-state index contributed by atoms with van der Waals surface area (Å²) < 4.78 is 0. The number of aromatic nitrogens is 1. The van der Waals surface area contributed by atoms with Crippen LogP contribution in [0.25, 0.3) is 11.3 Å². The highest BCUT2D eigenvalue weighted by molar-refractivity contribution is 5.80. The van der Waals surface area contributed by atoms with Crippen molar-refractivity contribution in [3.8, 4) is 23.1 Å². The molecule has 134 valence electrons. The van der Waals surface area contributed by atoms with Crippen LogP contribution in [-0.4, -0.2) is 34.1 Å². The highest BCUT2D eigenvalue weighted by Gasteiger charge is 2.33. The van der Waals surface area contributed by atoms with E-state index < -0.39 is 0 Å². The van der Waals surface area contributed by atoms with Crippen molar-refractivity contribution in [1.82, 2.24) is 9.88 Å². The molecule has 0 radical (unpaired) electrons. The Morgan fingerprint density at radius 2 is 2.00 bits per heavy atom. The summed E-state index contributed by atoms with van der Waals surface area (Å²) in [7, 11) is 0. The Hall–Kier alpha value is -2.58. The Kier molecular flexibility index (Phi) is 4.08. The number of likely N-dealkylation sites (tertiary alicyclic amines) is 1. The summed E-state index contributed by atoms with van der Waals surface area (Å²) >= 11 is 0. The van der Waals surface area contributed by atoms with Gasteiger partial charge < -0.3 is 15.7 Å². The smallest absolute Gasteiger partial charge is 0.142 e. The molecule has 0 atom stereocenters. The van der Waals surface area contributed by atoms with Gasteiger partial charge in [0.25, 0.3) is 0 Å². The SMILES string of the molecule is CC(C)N1CCC(c2c(C#N)c(N)nc3c2Cc2c(O)cccc2-3)CC1. The van der Waals surface area contributed by atoms with Crippen LogP contribution >= 0.6 is 0 Å². The van der Waals surface area contributed by atoms with Crippen LogP contribution in [0, 0.1) is 11.3 Å². The highest BCUT2D eigenvalue weighted by Crippen LogP contribution is 2.46. The minimum Gasteiger partial charge on any atom is -0.508 e. The molecular weight excluding hydrogens is 324 g/mol. The summed E-state index contributed by atoms with van der Waals surface area (Å²) in [5.74, 6) is 0.914. The number of piperidine rings is 1. The zero-order valence-corrected chi connectivity index (χ0v) is 15.3. The lowest BCUT2D eigenvalue weighted by Crippen LogP contribution is -2.38. The molecule has 1 saturated heterocycles. The predicted octanol–water partition coefficient (Wildman–Crippen LogP) is 3.40. The van der Waals surface area contributed by atoms with E-state index in [2.05, 4.69) is 29.8 Å². The Balaban J connectivity index is 1.80. The van der Waals surface area contributed by atoms with Crippen LogP contribution in [0.5, 0.6) is 5.75 Å². The van der Waals surface area contributed by atoms with Gasteiger partial charge in [-0.1, -0.05) is 12.1 Å². The Bertz CT molecular complexity index is 905. The van der Waals surface area contributed by atoms with Gasteiger partial charge in [-0.2, -0.15) is 5.26 Å². The molecule has 26 heavy (non-hydrogen) atoms. The van der Waals surface area contributed by atoms with Crippen molar-refractivity contribution >= 4 is 5.82 Å². The van der Waals surface area contributed by atoms with Crippen LogP contribution in [0.3, 0.4) is 0 Å². The summed E-state index contributed by atoms with van der Waals surface area (Å²) in [5, 5.41) is 20.0. The first-order valence-corrected chi connectivity index (χ1v) is 9.28. The lowest BCUT2D eigenvalue weighted by Gasteiger charge is -2.35. The first-order valence-electron chi connectivity index (χ1n) is 9.28. The van der Waals surface area contributed by atoms with E-state index in [0.717, 1.165) is 53.9 Å². The molecule has 2 aromatic rings. The van der Waals surface area contributed by atoms with Gasteiger partial charge in [0.1, 0.15) is 17.6 Å². The van der Waals surface area contributed by atoms with E-state index in [0.29, 0.717) is 29.8 Å². The van der Waals surface area contributed by atoms with Crippen LogP contribution in [0.2, 0.25) is 0 Å². The van der Waals surface area contributed by atoms with E-state index in [9.17, 15) is 10.4 Å². The summed E-state index contributed by atoms with van der Waals surface area (Å²) in [6, 6.07) is 8.36. The quantitative estimate of drug-likeness (QED) is 0.741. The summed E-state index contributed by atoms with van der Waals surface area (Å²) in [5.41, 5.74) is 11.5. The number of hydrogen-bond acceptors (Lipinski definition) is 5. The third-order valence-electron chi connectivity index (χ3n) is 5.91. The van der Waals surface area contributed by atoms with Crippen molar-refractivity contribution in [2.75, 3.05) is 18.8 Å². The number of anilines is 1. The van der Waals surface area contributed by atoms with Crippen LogP contribution in [-0.2, 0) is 6.42 Å². The number of nitriles is 1. The number of aromatic hydroxyl groups is 1. The molecule has 5 nitrogen and oxygen atoms in total. The van der Waals surface area contributed by atoms with Crippen LogP contribution in [0.4, 0.5) is 5.82 Å². The number of rotatable bonds is 2. The van der Waals surface area contributed by atoms with Gasteiger partial charge >= 0.3 is 0 Å². The standard InChI is InChI=1S/C21H24N4O/c1-12(2)25-8-6-13(7-9-25)19-16-10-15-14(4-3-5-18(15)26)20(16)24-21(23)17(19)11-22/h3-5,12-13,26H,6-10H2,1-2H3,(H2,23,24). The predicted molar refractivity (Wildman–Crippen MR) is 102 cm³/mol. The van der Waals surface area contributed by atoms with Gasteiger partial charge in [0, 0.05) is 23.6 Å². The Morgan fingerprint density at radius 1 is 1.27 bits per heavy atom. The summed E-state index contributed by atoms with van der Waals surface area (Å²) in [4.78, 5) is 7.02. The molecule has 3 N–H and O–H groups in total. The molecular formula is C21H24N4O. The van der Waals surface area contributed by atoms with E-state index in [1.54, 1.807) is 6.07 Å². The minimum atomic E-state index is 0.290. The molecule has 0 unspecified atom stereocenters. The fourth-order valence-corrected chi connectivity index (χ4v) is 4.49. The fraction of sp³-hybridized carbons (Fsp3) is 0.429. The van der Waals surface area contributed by atoms with E-state index in [4.69, 9.17) is 5.73 Å². The molecule has 4 rings (SSSR count). The number of nitrogens with zero attached hydrogens (tertiary/aromatic N) is 3. The maximum Gasteiger partial charge on any atom is 0.142 e. The van der Waals surface area contributed by atoms with Crippen molar-refractivity contribution in [3.05, 3.63) is 40.5 Å². The van der Waals surface area contributed by atoms with E-state index in [-0.39, 0.29) is 5.75 Å². The van der Waals surface area contributed by atoms with E-state index in [1.165, 1.54) is 0 Å². The second-order valence-electron chi connectivity index (χ2n) is 7.61. The van der Waals surface area contributed by atoms with Crippen molar-refractivity contribution in [1.29, 1.82) is 5.26 Å². The largest absolute Gasteiger partial charge is 0.508 e. The number of nitrogen functional groups attached to an aromatic ring is 1. The van der Waals surface area contributed by atoms with Gasteiger partial charge in [-0.25, -0.2) is 4.98 Å². The third kappa shape index (κ3) is 2.53. The molecule has 5 heteroatoms. The molecule has 1 aromatic carbocycles. The zero-order valence-electron chi connectivity index (χ0n) is 15.3. The van der Waals surface area contributed by atoms with Gasteiger partial charge in [0.15, 0.2) is 0 Å². The second kappa shape index (κ2) is 6.30. The van der Waals surface area contributed by atoms with Crippen LogP contribution in [0.15, 0.2) is 18.2 Å². The number of hydrogen-bond donors (Lipinski definition) is 2. The number of phenolic OH excluding ortho intramolecular Hbond substituents is 1. The van der Waals surface area contributed by atoms with Crippen LogP contribution in [0.1, 0.15) is 54.9 Å². The number of nitrogens with two attached hydrogens (primary N) is 1. The van der Waals surface area contributed by atoms with Crippen molar-refractivity contribution in [2.45, 2.75) is 45.1 Å². The molecule has 0 bridgehead atoms. The van der Waals surface area contributed by atoms with Gasteiger partial charge in [-0.3, -0.25) is 0 Å². The monoisotopic (exact) mass is 348 g/mol. The molecule has 0 amide bonds. The first kappa shape index (κ1) is 16.9. The lowest BCUT2D eigenvalue weighted by molar-refractivity contribution is 0.171. The van der Waals surface area contributed by atoms with E-state index in [1.807, 2.05) is 12.1 Å². The van der Waals surface area contributed by atoms with Gasteiger partial charge in [0.05, 0.1) is 11.3 Å². The molecule has 0 saturated carbocycles. The maximum absolute atomic E-state index is 10.3. The van der Waals surface area contributed by atoms with Gasteiger partial charge in [0.2, 0.25) is 0 Å².